The number of hydrogen-bond donors (Lipinski definition) is 0. The number of aryl methyl sites for hydroxylation is 1. The minimum atomic E-state index is -3.76. The van der Waals surface area contributed by atoms with E-state index < -0.39 is 15.9 Å². The van der Waals surface area contributed by atoms with E-state index in [0.29, 0.717) is 32.5 Å². The molecule has 188 valence electrons. The van der Waals surface area contributed by atoms with Gasteiger partial charge in [0.25, 0.3) is 0 Å². The number of carbonyl (C=O) groups is 2. The summed E-state index contributed by atoms with van der Waals surface area (Å²) >= 11 is 0. The fourth-order valence-electron chi connectivity index (χ4n) is 4.91. The number of benzene rings is 2. The molecule has 35 heavy (non-hydrogen) atoms. The maximum Gasteiger partial charge on any atom is 0.243 e. The Morgan fingerprint density at radius 3 is 2.51 bits per heavy atom. The van der Waals surface area contributed by atoms with Gasteiger partial charge in [0.2, 0.25) is 21.8 Å². The molecule has 0 bridgehead atoms. The molecule has 9 heteroatoms. The summed E-state index contributed by atoms with van der Waals surface area (Å²) in [5.74, 6) is 0.177. The number of anilines is 2. The van der Waals surface area contributed by atoms with Gasteiger partial charge in [-0.25, -0.2) is 8.42 Å². The topological polar surface area (TPSA) is 87.2 Å². The predicted octanol–water partition coefficient (Wildman–Crippen LogP) is 3.45. The molecule has 0 spiro atoms. The molecule has 1 fully saturated rings. The highest BCUT2D eigenvalue weighted by atomic mass is 32.2. The molecule has 2 aliphatic rings. The lowest BCUT2D eigenvalue weighted by Gasteiger charge is -2.34. The lowest BCUT2D eigenvalue weighted by molar-refractivity contribution is -0.123. The van der Waals surface area contributed by atoms with Crippen molar-refractivity contribution < 1.29 is 22.7 Å². The van der Waals surface area contributed by atoms with Gasteiger partial charge in [0.05, 0.1) is 17.4 Å². The average molecular weight is 500 g/mol. The Morgan fingerprint density at radius 1 is 1.09 bits per heavy atom. The second-order valence-electron chi connectivity index (χ2n) is 9.09. The Balaban J connectivity index is 1.50. The van der Waals surface area contributed by atoms with Crippen LogP contribution in [0.15, 0.2) is 47.4 Å². The van der Waals surface area contributed by atoms with Crippen molar-refractivity contribution in [2.45, 2.75) is 44.4 Å². The van der Waals surface area contributed by atoms with E-state index in [2.05, 4.69) is 0 Å². The molecule has 0 unspecified atom stereocenters. The van der Waals surface area contributed by atoms with Gasteiger partial charge in [0.15, 0.2) is 0 Å². The molecular formula is C26H33N3O5S. The van der Waals surface area contributed by atoms with Crippen LogP contribution in [0.2, 0.25) is 0 Å². The molecule has 0 aliphatic carbocycles. The summed E-state index contributed by atoms with van der Waals surface area (Å²) in [4.78, 5) is 28.7. The summed E-state index contributed by atoms with van der Waals surface area (Å²) in [6.45, 7) is 5.19. The molecule has 0 aromatic heterocycles. The number of carbonyl (C=O) groups excluding carboxylic acids is 2. The fourth-order valence-corrected chi connectivity index (χ4v) is 6.48. The second kappa shape index (κ2) is 10.4. The third-order valence-corrected chi connectivity index (χ3v) is 8.65. The standard InChI is InChI=1S/C26H33N3O5S/c1-4-34-23-11-9-22(10-12-23)27(3)26(31)21-8-5-15-28(18-21)35(32,33)24-13-14-25-20(17-24)7-6-16-29(25)19(2)30/h9-14,17,21H,4-8,15-16,18H2,1-3H3/t21-/m1/s1. The highest BCUT2D eigenvalue weighted by molar-refractivity contribution is 7.89. The van der Waals surface area contributed by atoms with Gasteiger partial charge in [-0.05, 0) is 80.6 Å². The maximum atomic E-state index is 13.5. The van der Waals surface area contributed by atoms with E-state index >= 15 is 0 Å². The van der Waals surface area contributed by atoms with E-state index in [0.717, 1.165) is 35.5 Å². The number of nitrogens with zero attached hydrogens (tertiary/aromatic N) is 3. The maximum absolute atomic E-state index is 13.5. The van der Waals surface area contributed by atoms with Gasteiger partial charge in [-0.2, -0.15) is 4.31 Å². The third-order valence-electron chi connectivity index (χ3n) is 6.79. The first-order valence-corrected chi connectivity index (χ1v) is 13.6. The third kappa shape index (κ3) is 5.21. The molecule has 0 radical (unpaired) electrons. The van der Waals surface area contributed by atoms with E-state index in [1.807, 2.05) is 31.2 Å². The molecule has 0 N–H and O–H groups in total. The molecular weight excluding hydrogens is 466 g/mol. The summed E-state index contributed by atoms with van der Waals surface area (Å²) in [5.41, 5.74) is 2.39. The highest BCUT2D eigenvalue weighted by Gasteiger charge is 2.35. The number of rotatable bonds is 6. The van der Waals surface area contributed by atoms with Gasteiger partial charge < -0.3 is 14.5 Å². The van der Waals surface area contributed by atoms with Gasteiger partial charge in [0.1, 0.15) is 5.75 Å². The minimum absolute atomic E-state index is 0.0457. The summed E-state index contributed by atoms with van der Waals surface area (Å²) in [6.07, 6.45) is 2.80. The van der Waals surface area contributed by atoms with E-state index in [1.165, 1.54) is 11.2 Å². The summed E-state index contributed by atoms with van der Waals surface area (Å²) in [6, 6.07) is 12.3. The van der Waals surface area contributed by atoms with Crippen molar-refractivity contribution >= 4 is 33.2 Å². The zero-order valence-corrected chi connectivity index (χ0v) is 21.4. The number of hydrogen-bond acceptors (Lipinski definition) is 5. The largest absolute Gasteiger partial charge is 0.494 e. The van der Waals surface area contributed by atoms with Crippen LogP contribution >= 0.6 is 0 Å². The van der Waals surface area contributed by atoms with Crippen LogP contribution in [-0.4, -0.2) is 57.8 Å². The Morgan fingerprint density at radius 2 is 1.83 bits per heavy atom. The van der Waals surface area contributed by atoms with Crippen LogP contribution in [0.5, 0.6) is 5.75 Å². The van der Waals surface area contributed by atoms with Gasteiger partial charge in [0, 0.05) is 45.0 Å². The Hall–Kier alpha value is -2.91. The first-order valence-electron chi connectivity index (χ1n) is 12.1. The van der Waals surface area contributed by atoms with Crippen molar-refractivity contribution in [1.29, 1.82) is 0 Å². The highest BCUT2D eigenvalue weighted by Crippen LogP contribution is 2.32. The Labute approximate surface area is 207 Å². The van der Waals surface area contributed by atoms with E-state index in [9.17, 15) is 18.0 Å². The monoisotopic (exact) mass is 499 g/mol. The van der Waals surface area contributed by atoms with Crippen molar-refractivity contribution in [2.75, 3.05) is 43.1 Å². The number of piperidine rings is 1. The summed E-state index contributed by atoms with van der Waals surface area (Å²) in [5, 5.41) is 0. The van der Waals surface area contributed by atoms with Crippen LogP contribution in [0.3, 0.4) is 0 Å². The second-order valence-corrected chi connectivity index (χ2v) is 11.0. The zero-order valence-electron chi connectivity index (χ0n) is 20.6. The summed E-state index contributed by atoms with van der Waals surface area (Å²) < 4.78 is 33.9. The normalized spacial score (nSPS) is 18.6. The number of fused-ring (bicyclic) bond motifs is 1. The first kappa shape index (κ1) is 25.2. The van der Waals surface area contributed by atoms with Gasteiger partial charge >= 0.3 is 0 Å². The van der Waals surface area contributed by atoms with E-state index in [4.69, 9.17) is 4.74 Å². The number of ether oxygens (including phenoxy) is 1. The fraction of sp³-hybridized carbons (Fsp3) is 0.462. The SMILES string of the molecule is CCOc1ccc(N(C)C(=O)[C@@H]2CCCN(S(=O)(=O)c3ccc4c(c3)CCCN4C(C)=O)C2)cc1. The smallest absolute Gasteiger partial charge is 0.243 e. The Bertz CT molecular complexity index is 1200. The molecule has 2 aromatic carbocycles. The predicted molar refractivity (Wildman–Crippen MR) is 135 cm³/mol. The molecule has 2 aromatic rings. The number of sulfonamides is 1. The van der Waals surface area contributed by atoms with Gasteiger partial charge in [-0.1, -0.05) is 0 Å². The van der Waals surface area contributed by atoms with Gasteiger partial charge in [-0.3, -0.25) is 9.59 Å². The van der Waals surface area contributed by atoms with E-state index in [1.54, 1.807) is 35.0 Å². The van der Waals surface area contributed by atoms with Crippen molar-refractivity contribution in [3.63, 3.8) is 0 Å². The number of amides is 2. The molecule has 2 amide bonds. The molecule has 2 heterocycles. The molecule has 4 rings (SSSR count). The minimum Gasteiger partial charge on any atom is -0.494 e. The van der Waals surface area contributed by atoms with Crippen LogP contribution in [-0.2, 0) is 26.0 Å². The van der Waals surface area contributed by atoms with Crippen molar-refractivity contribution in [3.05, 3.63) is 48.0 Å². The zero-order chi connectivity index (χ0) is 25.2. The van der Waals surface area contributed by atoms with Crippen LogP contribution in [0, 0.1) is 5.92 Å². The van der Waals surface area contributed by atoms with E-state index in [-0.39, 0.29) is 23.3 Å². The van der Waals surface area contributed by atoms with Crippen LogP contribution in [0.25, 0.3) is 0 Å². The quantitative estimate of drug-likeness (QED) is 0.608. The van der Waals surface area contributed by atoms with Crippen LogP contribution in [0.1, 0.15) is 38.7 Å². The molecule has 1 atom stereocenters. The average Bonchev–Trinajstić information content (AvgIpc) is 2.87. The molecule has 2 aliphatic heterocycles. The molecule has 0 saturated carbocycles. The summed E-state index contributed by atoms with van der Waals surface area (Å²) in [7, 11) is -2.04. The van der Waals surface area contributed by atoms with Crippen LogP contribution < -0.4 is 14.5 Å². The van der Waals surface area contributed by atoms with Crippen LogP contribution in [0.4, 0.5) is 11.4 Å². The Kier molecular flexibility index (Phi) is 7.47. The molecule has 8 nitrogen and oxygen atoms in total. The first-order chi connectivity index (χ1) is 16.7. The lowest BCUT2D eigenvalue weighted by atomic mass is 9.98. The van der Waals surface area contributed by atoms with Crippen molar-refractivity contribution in [1.82, 2.24) is 4.31 Å². The van der Waals surface area contributed by atoms with Gasteiger partial charge in [-0.15, -0.1) is 0 Å². The lowest BCUT2D eigenvalue weighted by Crippen LogP contribution is -2.46. The van der Waals surface area contributed by atoms with Crippen molar-refractivity contribution in [2.24, 2.45) is 5.92 Å². The van der Waals surface area contributed by atoms with Crippen molar-refractivity contribution in [3.8, 4) is 5.75 Å². The molecule has 1 saturated heterocycles.